The van der Waals surface area contributed by atoms with Gasteiger partial charge in [-0.15, -0.1) is 11.3 Å². The maximum Gasteiger partial charge on any atom is 0.263 e. The van der Waals surface area contributed by atoms with Crippen LogP contribution in [0.25, 0.3) is 0 Å². The minimum atomic E-state index is -0.0470. The number of likely N-dealkylation sites (N-methyl/N-ethyl adjacent to an activating group) is 2. The predicted molar refractivity (Wildman–Crippen MR) is 95.0 cm³/mol. The highest BCUT2D eigenvalue weighted by Gasteiger charge is 2.27. The van der Waals surface area contributed by atoms with E-state index in [0.29, 0.717) is 15.8 Å². The van der Waals surface area contributed by atoms with Crippen LogP contribution < -0.4 is 9.64 Å². The molecule has 0 unspecified atom stereocenters. The molecule has 4 nitrogen and oxygen atoms in total. The second kappa shape index (κ2) is 6.81. The summed E-state index contributed by atoms with van der Waals surface area (Å²) in [6.45, 7) is 4.35. The van der Waals surface area contributed by atoms with E-state index in [0.717, 1.165) is 24.5 Å². The molecule has 0 bridgehead atoms. The molecule has 6 heteroatoms. The van der Waals surface area contributed by atoms with Crippen molar-refractivity contribution < 1.29 is 9.53 Å². The van der Waals surface area contributed by atoms with Gasteiger partial charge >= 0.3 is 0 Å². The number of halogens is 1. The standard InChI is InChI=1S/C17H19ClN2O2S/c1-3-20-11-12(22-14-7-5-4-6-13(14)20)10-19(2)17(21)15-8-9-16(18)23-15/h4-9,12H,3,10-11H2,1-2H3/t12-/m1/s1. The number of para-hydroxylation sites is 2. The third kappa shape index (κ3) is 3.46. The lowest BCUT2D eigenvalue weighted by atomic mass is 10.2. The molecular formula is C17H19ClN2O2S. The molecule has 1 amide bonds. The smallest absolute Gasteiger partial charge is 0.263 e. The van der Waals surface area contributed by atoms with Crippen molar-refractivity contribution in [1.82, 2.24) is 4.90 Å². The summed E-state index contributed by atoms with van der Waals surface area (Å²) in [6, 6.07) is 11.5. The number of fused-ring (bicyclic) bond motifs is 1. The van der Waals surface area contributed by atoms with Gasteiger partial charge in [0.05, 0.1) is 28.0 Å². The average molecular weight is 351 g/mol. The zero-order chi connectivity index (χ0) is 16.4. The summed E-state index contributed by atoms with van der Waals surface area (Å²) in [7, 11) is 1.80. The topological polar surface area (TPSA) is 32.8 Å². The Kier molecular flexibility index (Phi) is 4.78. The molecule has 2 aromatic rings. The van der Waals surface area contributed by atoms with Crippen LogP contribution in [0, 0.1) is 0 Å². The summed E-state index contributed by atoms with van der Waals surface area (Å²) in [5.74, 6) is 0.859. The highest BCUT2D eigenvalue weighted by molar-refractivity contribution is 7.17. The number of benzene rings is 1. The van der Waals surface area contributed by atoms with Crippen molar-refractivity contribution in [2.24, 2.45) is 0 Å². The van der Waals surface area contributed by atoms with E-state index in [1.165, 1.54) is 11.3 Å². The van der Waals surface area contributed by atoms with E-state index < -0.39 is 0 Å². The third-order valence-corrected chi connectivity index (χ3v) is 5.13. The first-order valence-electron chi connectivity index (χ1n) is 7.60. The van der Waals surface area contributed by atoms with Gasteiger partial charge in [-0.2, -0.15) is 0 Å². The summed E-state index contributed by atoms with van der Waals surface area (Å²) in [5, 5.41) is 0. The Labute approximate surface area is 145 Å². The van der Waals surface area contributed by atoms with E-state index in [1.807, 2.05) is 18.2 Å². The Bertz CT molecular complexity index is 703. The molecule has 0 saturated heterocycles. The quantitative estimate of drug-likeness (QED) is 0.841. The van der Waals surface area contributed by atoms with Gasteiger partial charge in [0, 0.05) is 13.6 Å². The van der Waals surface area contributed by atoms with Crippen LogP contribution in [0.5, 0.6) is 5.75 Å². The summed E-state index contributed by atoms with van der Waals surface area (Å²) < 4.78 is 6.69. The van der Waals surface area contributed by atoms with Gasteiger partial charge in [-0.3, -0.25) is 4.79 Å². The van der Waals surface area contributed by atoms with E-state index in [2.05, 4.69) is 17.9 Å². The molecule has 1 aromatic carbocycles. The summed E-state index contributed by atoms with van der Waals surface area (Å²) in [4.78, 5) is 17.1. The maximum atomic E-state index is 12.4. The van der Waals surface area contributed by atoms with E-state index in [1.54, 1.807) is 24.1 Å². The number of thiophene rings is 1. The number of carbonyl (C=O) groups is 1. The zero-order valence-corrected chi connectivity index (χ0v) is 14.7. The molecule has 1 aromatic heterocycles. The maximum absolute atomic E-state index is 12.4. The van der Waals surface area contributed by atoms with Crippen molar-refractivity contribution in [3.05, 3.63) is 45.6 Å². The van der Waals surface area contributed by atoms with Gasteiger partial charge < -0.3 is 14.5 Å². The molecule has 0 saturated carbocycles. The molecule has 23 heavy (non-hydrogen) atoms. The van der Waals surface area contributed by atoms with Gasteiger partial charge in [0.15, 0.2) is 0 Å². The van der Waals surface area contributed by atoms with E-state index in [-0.39, 0.29) is 12.0 Å². The molecule has 0 fully saturated rings. The van der Waals surface area contributed by atoms with Crippen molar-refractivity contribution >= 4 is 34.5 Å². The lowest BCUT2D eigenvalue weighted by Gasteiger charge is -2.37. The van der Waals surface area contributed by atoms with Crippen molar-refractivity contribution in [3.63, 3.8) is 0 Å². The first kappa shape index (κ1) is 16.1. The Morgan fingerprint density at radius 2 is 2.17 bits per heavy atom. The number of hydrogen-bond acceptors (Lipinski definition) is 4. The first-order valence-corrected chi connectivity index (χ1v) is 8.79. The number of rotatable bonds is 4. The number of ether oxygens (including phenoxy) is 1. The Hall–Kier alpha value is -1.72. The minimum absolute atomic E-state index is 0.0209. The average Bonchev–Trinajstić information content (AvgIpc) is 2.99. The lowest BCUT2D eigenvalue weighted by Crippen LogP contribution is -2.46. The monoisotopic (exact) mass is 350 g/mol. The number of amides is 1. The molecular weight excluding hydrogens is 332 g/mol. The van der Waals surface area contributed by atoms with Crippen LogP contribution in [0.4, 0.5) is 5.69 Å². The van der Waals surface area contributed by atoms with Gasteiger partial charge in [0.2, 0.25) is 0 Å². The molecule has 1 aliphatic heterocycles. The molecule has 0 spiro atoms. The van der Waals surface area contributed by atoms with Crippen molar-refractivity contribution in [2.45, 2.75) is 13.0 Å². The summed E-state index contributed by atoms with van der Waals surface area (Å²) >= 11 is 7.21. The summed E-state index contributed by atoms with van der Waals surface area (Å²) in [6.07, 6.45) is -0.0470. The van der Waals surface area contributed by atoms with Gasteiger partial charge in [0.1, 0.15) is 11.9 Å². The largest absolute Gasteiger partial charge is 0.485 e. The molecule has 0 aliphatic carbocycles. The second-order valence-corrected chi connectivity index (χ2v) is 7.25. The Morgan fingerprint density at radius 3 is 2.87 bits per heavy atom. The van der Waals surface area contributed by atoms with Crippen LogP contribution in [0.15, 0.2) is 36.4 Å². The van der Waals surface area contributed by atoms with Crippen LogP contribution in [0.2, 0.25) is 4.34 Å². The van der Waals surface area contributed by atoms with Gasteiger partial charge in [-0.05, 0) is 31.2 Å². The van der Waals surface area contributed by atoms with Gasteiger partial charge in [-0.1, -0.05) is 23.7 Å². The first-order chi connectivity index (χ1) is 11.1. The number of hydrogen-bond donors (Lipinski definition) is 0. The molecule has 0 N–H and O–H groups in total. The highest BCUT2D eigenvalue weighted by atomic mass is 35.5. The van der Waals surface area contributed by atoms with Crippen LogP contribution in [0.3, 0.4) is 0 Å². The molecule has 122 valence electrons. The lowest BCUT2D eigenvalue weighted by molar-refractivity contribution is 0.0714. The van der Waals surface area contributed by atoms with Crippen LogP contribution in [-0.4, -0.2) is 43.6 Å². The fraction of sp³-hybridized carbons (Fsp3) is 0.353. The van der Waals surface area contributed by atoms with Crippen LogP contribution in [-0.2, 0) is 0 Å². The fourth-order valence-electron chi connectivity index (χ4n) is 2.78. The minimum Gasteiger partial charge on any atom is -0.485 e. The van der Waals surface area contributed by atoms with Crippen LogP contribution >= 0.6 is 22.9 Å². The molecule has 1 aliphatic rings. The normalized spacial score (nSPS) is 16.7. The van der Waals surface area contributed by atoms with E-state index >= 15 is 0 Å². The zero-order valence-electron chi connectivity index (χ0n) is 13.2. The molecule has 2 heterocycles. The van der Waals surface area contributed by atoms with Gasteiger partial charge in [0.25, 0.3) is 5.91 Å². The second-order valence-electron chi connectivity index (χ2n) is 5.54. The van der Waals surface area contributed by atoms with Crippen molar-refractivity contribution in [1.29, 1.82) is 0 Å². The highest BCUT2D eigenvalue weighted by Crippen LogP contribution is 2.33. The Morgan fingerprint density at radius 1 is 1.39 bits per heavy atom. The number of carbonyl (C=O) groups excluding carboxylic acids is 1. The Balaban J connectivity index is 1.70. The molecule has 0 radical (unpaired) electrons. The number of anilines is 1. The van der Waals surface area contributed by atoms with Crippen molar-refractivity contribution in [2.75, 3.05) is 31.6 Å². The van der Waals surface area contributed by atoms with E-state index in [9.17, 15) is 4.79 Å². The fourth-order valence-corrected chi connectivity index (χ4v) is 3.82. The molecule has 3 rings (SSSR count). The molecule has 1 atom stereocenters. The van der Waals surface area contributed by atoms with E-state index in [4.69, 9.17) is 16.3 Å². The SMILES string of the molecule is CCN1C[C@@H](CN(C)C(=O)c2ccc(Cl)s2)Oc2ccccc21. The van der Waals surface area contributed by atoms with Gasteiger partial charge in [-0.25, -0.2) is 0 Å². The summed E-state index contributed by atoms with van der Waals surface area (Å²) in [5.41, 5.74) is 1.12. The number of nitrogens with zero attached hydrogens (tertiary/aromatic N) is 2. The van der Waals surface area contributed by atoms with Crippen LogP contribution in [0.1, 0.15) is 16.6 Å². The van der Waals surface area contributed by atoms with Crippen molar-refractivity contribution in [3.8, 4) is 5.75 Å². The third-order valence-electron chi connectivity index (χ3n) is 3.91. The predicted octanol–water partition coefficient (Wildman–Crippen LogP) is 3.76.